The molecule has 0 amide bonds. The van der Waals surface area contributed by atoms with Crippen molar-refractivity contribution in [2.45, 2.75) is 24.6 Å². The van der Waals surface area contributed by atoms with Gasteiger partial charge in [-0.2, -0.15) is 4.98 Å². The summed E-state index contributed by atoms with van der Waals surface area (Å²) in [6, 6.07) is 10.3. The molecule has 0 fully saturated rings. The van der Waals surface area contributed by atoms with E-state index in [1.54, 1.807) is 18.7 Å². The topological polar surface area (TPSA) is 51.8 Å². The van der Waals surface area contributed by atoms with Crippen LogP contribution in [0.25, 0.3) is 10.9 Å². The minimum Gasteiger partial charge on any atom is -0.340 e. The monoisotopic (exact) mass is 271 g/mol. The lowest BCUT2D eigenvalue weighted by atomic mass is 10.1. The van der Waals surface area contributed by atoms with E-state index in [9.17, 15) is 0 Å². The summed E-state index contributed by atoms with van der Waals surface area (Å²) in [5, 5.41) is 6.06. The lowest BCUT2D eigenvalue weighted by Gasteiger charge is -2.04. The van der Waals surface area contributed by atoms with E-state index in [4.69, 9.17) is 4.52 Å². The molecule has 0 unspecified atom stereocenters. The minimum atomic E-state index is 0.596. The van der Waals surface area contributed by atoms with Gasteiger partial charge in [-0.15, -0.1) is 0 Å². The van der Waals surface area contributed by atoms with Crippen molar-refractivity contribution in [2.75, 3.05) is 0 Å². The van der Waals surface area contributed by atoms with Crippen molar-refractivity contribution in [1.29, 1.82) is 0 Å². The molecule has 0 radical (unpaired) electrons. The molecule has 1 aromatic carbocycles. The van der Waals surface area contributed by atoms with Crippen LogP contribution in [-0.4, -0.2) is 15.1 Å². The zero-order chi connectivity index (χ0) is 13.2. The highest BCUT2D eigenvalue weighted by Gasteiger charge is 2.06. The van der Waals surface area contributed by atoms with Crippen LogP contribution in [0.4, 0.5) is 0 Å². The van der Waals surface area contributed by atoms with Gasteiger partial charge in [0.05, 0.1) is 16.3 Å². The van der Waals surface area contributed by atoms with E-state index in [1.165, 1.54) is 10.9 Å². The Labute approximate surface area is 115 Å². The van der Waals surface area contributed by atoms with E-state index < -0.39 is 0 Å². The average molecular weight is 271 g/mol. The maximum Gasteiger partial charge on any atom is 0.223 e. The molecule has 2 heterocycles. The first-order valence-corrected chi connectivity index (χ1v) is 6.99. The molecule has 0 bridgehead atoms. The van der Waals surface area contributed by atoms with Crippen molar-refractivity contribution in [1.82, 2.24) is 15.1 Å². The number of aryl methyl sites for hydroxylation is 2. The summed E-state index contributed by atoms with van der Waals surface area (Å²) < 4.78 is 4.95. The van der Waals surface area contributed by atoms with Gasteiger partial charge in [0.25, 0.3) is 0 Å². The smallest absolute Gasteiger partial charge is 0.223 e. The summed E-state index contributed by atoms with van der Waals surface area (Å²) in [7, 11) is 0. The second-order valence-electron chi connectivity index (χ2n) is 4.31. The molecular weight excluding hydrogens is 258 g/mol. The van der Waals surface area contributed by atoms with E-state index >= 15 is 0 Å². The minimum absolute atomic E-state index is 0.596. The van der Waals surface area contributed by atoms with Crippen LogP contribution in [-0.2, 0) is 5.75 Å². The normalized spacial score (nSPS) is 11.1. The Balaban J connectivity index is 1.85. The first-order valence-electron chi connectivity index (χ1n) is 6.01. The molecule has 0 saturated heterocycles. The van der Waals surface area contributed by atoms with E-state index in [2.05, 4.69) is 34.2 Å². The Morgan fingerprint density at radius 2 is 2.00 bits per heavy atom. The zero-order valence-electron chi connectivity index (χ0n) is 10.8. The summed E-state index contributed by atoms with van der Waals surface area (Å²) in [5.74, 6) is 1.97. The maximum atomic E-state index is 4.95. The van der Waals surface area contributed by atoms with E-state index in [1.807, 2.05) is 18.2 Å². The van der Waals surface area contributed by atoms with Crippen molar-refractivity contribution >= 4 is 22.7 Å². The van der Waals surface area contributed by atoms with Gasteiger partial charge in [-0.1, -0.05) is 35.1 Å². The third-order valence-corrected chi connectivity index (χ3v) is 3.73. The summed E-state index contributed by atoms with van der Waals surface area (Å²) in [6.45, 7) is 3.90. The van der Waals surface area contributed by atoms with E-state index in [0.29, 0.717) is 17.5 Å². The van der Waals surface area contributed by atoms with Crippen LogP contribution >= 0.6 is 11.8 Å². The Bertz CT molecular complexity index is 724. The van der Waals surface area contributed by atoms with Gasteiger partial charge in [-0.05, 0) is 24.6 Å². The highest BCUT2D eigenvalue weighted by Crippen LogP contribution is 2.25. The third kappa shape index (κ3) is 2.61. The fourth-order valence-corrected chi connectivity index (χ4v) is 2.75. The molecule has 3 aromatic rings. The largest absolute Gasteiger partial charge is 0.340 e. The third-order valence-electron chi connectivity index (χ3n) is 2.82. The molecule has 0 aliphatic heterocycles. The molecule has 0 aliphatic carbocycles. The van der Waals surface area contributed by atoms with Crippen LogP contribution in [0.15, 0.2) is 39.9 Å². The number of benzene rings is 1. The molecule has 3 rings (SSSR count). The van der Waals surface area contributed by atoms with Gasteiger partial charge < -0.3 is 4.52 Å². The van der Waals surface area contributed by atoms with Crippen molar-refractivity contribution in [2.24, 2.45) is 0 Å². The lowest BCUT2D eigenvalue weighted by molar-refractivity contribution is 0.389. The van der Waals surface area contributed by atoms with Gasteiger partial charge in [-0.3, -0.25) is 0 Å². The Morgan fingerprint density at radius 1 is 1.16 bits per heavy atom. The maximum absolute atomic E-state index is 4.95. The van der Waals surface area contributed by atoms with Crippen LogP contribution in [0.3, 0.4) is 0 Å². The fourth-order valence-electron chi connectivity index (χ4n) is 1.93. The highest BCUT2D eigenvalue weighted by molar-refractivity contribution is 7.98. The average Bonchev–Trinajstić information content (AvgIpc) is 2.82. The van der Waals surface area contributed by atoms with E-state index in [0.717, 1.165) is 10.5 Å². The second-order valence-corrected chi connectivity index (χ2v) is 5.31. The van der Waals surface area contributed by atoms with Crippen LogP contribution in [0.5, 0.6) is 0 Å². The SMILES string of the molecule is Cc1nc(CSc2cc(C)c3ccccc3n2)no1. The van der Waals surface area contributed by atoms with Crippen molar-refractivity contribution in [3.8, 4) is 0 Å². The number of hydrogen-bond donors (Lipinski definition) is 0. The number of nitrogens with zero attached hydrogens (tertiary/aromatic N) is 3. The standard InChI is InChI=1S/C14H13N3OS/c1-9-7-14(16-12-6-4-3-5-11(9)12)19-8-13-15-10(2)18-17-13/h3-7H,8H2,1-2H3. The van der Waals surface area contributed by atoms with Crippen LogP contribution in [0, 0.1) is 13.8 Å². The van der Waals surface area contributed by atoms with E-state index in [-0.39, 0.29) is 0 Å². The first-order chi connectivity index (χ1) is 9.22. The Hall–Kier alpha value is -1.88. The van der Waals surface area contributed by atoms with Gasteiger partial charge in [0, 0.05) is 12.3 Å². The van der Waals surface area contributed by atoms with Crippen molar-refractivity contribution in [3.05, 3.63) is 47.6 Å². The molecule has 4 nitrogen and oxygen atoms in total. The number of aromatic nitrogens is 3. The number of thioether (sulfide) groups is 1. The molecule has 96 valence electrons. The lowest BCUT2D eigenvalue weighted by Crippen LogP contribution is -1.89. The molecule has 0 N–H and O–H groups in total. The number of rotatable bonds is 3. The summed E-state index contributed by atoms with van der Waals surface area (Å²) >= 11 is 1.62. The Kier molecular flexibility index (Phi) is 3.21. The predicted molar refractivity (Wildman–Crippen MR) is 75.1 cm³/mol. The number of pyridine rings is 1. The van der Waals surface area contributed by atoms with Gasteiger partial charge >= 0.3 is 0 Å². The summed E-state index contributed by atoms with van der Waals surface area (Å²) in [4.78, 5) is 8.82. The number of fused-ring (bicyclic) bond motifs is 1. The van der Waals surface area contributed by atoms with Gasteiger partial charge in [0.1, 0.15) is 0 Å². The molecule has 0 aliphatic rings. The molecule has 0 saturated carbocycles. The summed E-state index contributed by atoms with van der Waals surface area (Å²) in [5.41, 5.74) is 2.26. The van der Waals surface area contributed by atoms with Gasteiger partial charge in [-0.25, -0.2) is 4.98 Å². The zero-order valence-corrected chi connectivity index (χ0v) is 11.6. The fraction of sp³-hybridized carbons (Fsp3) is 0.214. The van der Waals surface area contributed by atoms with Crippen molar-refractivity contribution in [3.63, 3.8) is 0 Å². The molecule has 2 aromatic heterocycles. The molecule has 0 atom stereocenters. The molecule has 0 spiro atoms. The quantitative estimate of drug-likeness (QED) is 0.682. The summed E-state index contributed by atoms with van der Waals surface area (Å²) in [6.07, 6.45) is 0. The first kappa shape index (κ1) is 12.2. The molecular formula is C14H13N3OS. The van der Waals surface area contributed by atoms with Gasteiger partial charge in [0.2, 0.25) is 5.89 Å². The van der Waals surface area contributed by atoms with Crippen LogP contribution in [0.2, 0.25) is 0 Å². The van der Waals surface area contributed by atoms with Crippen LogP contribution < -0.4 is 0 Å². The van der Waals surface area contributed by atoms with Crippen molar-refractivity contribution < 1.29 is 4.52 Å². The Morgan fingerprint density at radius 3 is 2.79 bits per heavy atom. The molecule has 19 heavy (non-hydrogen) atoms. The number of hydrogen-bond acceptors (Lipinski definition) is 5. The predicted octanol–water partition coefficient (Wildman–Crippen LogP) is 3.53. The second kappa shape index (κ2) is 5.01. The number of para-hydroxylation sites is 1. The van der Waals surface area contributed by atoms with Gasteiger partial charge in [0.15, 0.2) is 5.82 Å². The highest BCUT2D eigenvalue weighted by atomic mass is 32.2. The van der Waals surface area contributed by atoms with Crippen LogP contribution in [0.1, 0.15) is 17.3 Å². The molecule has 5 heteroatoms.